The molecular formula is C26H37N3O6. The molecule has 0 spiro atoms. The van der Waals surface area contributed by atoms with E-state index in [4.69, 9.17) is 9.47 Å². The summed E-state index contributed by atoms with van der Waals surface area (Å²) in [5.41, 5.74) is 1.78. The Labute approximate surface area is 206 Å². The van der Waals surface area contributed by atoms with Gasteiger partial charge >= 0.3 is 11.9 Å². The van der Waals surface area contributed by atoms with Crippen LogP contribution in [0.4, 0.5) is 0 Å². The van der Waals surface area contributed by atoms with Gasteiger partial charge in [0.25, 0.3) is 0 Å². The summed E-state index contributed by atoms with van der Waals surface area (Å²) < 4.78 is 10.5. The number of esters is 2. The van der Waals surface area contributed by atoms with Crippen LogP contribution in [0.5, 0.6) is 0 Å². The number of hydrogen-bond acceptors (Lipinski definition) is 6. The molecule has 0 radical (unpaired) electrons. The third-order valence-electron chi connectivity index (χ3n) is 5.53. The number of fused-ring (bicyclic) bond motifs is 1. The fourth-order valence-corrected chi connectivity index (χ4v) is 3.58. The summed E-state index contributed by atoms with van der Waals surface area (Å²) in [7, 11) is 0. The molecule has 0 aliphatic carbocycles. The molecule has 3 N–H and O–H groups in total. The van der Waals surface area contributed by atoms with Crippen LogP contribution in [0.1, 0.15) is 64.9 Å². The molecule has 0 fully saturated rings. The van der Waals surface area contributed by atoms with E-state index in [0.29, 0.717) is 13.0 Å². The SMILES string of the molecule is CCCCOC(=O)CC[C@H](NC(C)=O)C(=O)N[C@@H](Cc1c[nH]c2ccccc12)C(=O)OCCCC. The Balaban J connectivity index is 2.12. The van der Waals surface area contributed by atoms with Gasteiger partial charge in [-0.05, 0) is 30.9 Å². The van der Waals surface area contributed by atoms with Crippen molar-refractivity contribution in [3.05, 3.63) is 36.0 Å². The van der Waals surface area contributed by atoms with E-state index in [-0.39, 0.29) is 25.9 Å². The van der Waals surface area contributed by atoms with Crippen LogP contribution in [0.25, 0.3) is 10.9 Å². The molecule has 0 bridgehead atoms. The minimum atomic E-state index is -0.986. The minimum Gasteiger partial charge on any atom is -0.466 e. The van der Waals surface area contributed by atoms with Gasteiger partial charge < -0.3 is 25.1 Å². The van der Waals surface area contributed by atoms with Gasteiger partial charge in [0.05, 0.1) is 13.2 Å². The van der Waals surface area contributed by atoms with E-state index in [0.717, 1.165) is 35.7 Å². The third kappa shape index (κ3) is 9.42. The average molecular weight is 488 g/mol. The summed E-state index contributed by atoms with van der Waals surface area (Å²) >= 11 is 0. The Morgan fingerprint density at radius 3 is 2.31 bits per heavy atom. The number of H-pyrrole nitrogens is 1. The lowest BCUT2D eigenvalue weighted by atomic mass is 10.0. The Kier molecular flexibility index (Phi) is 11.8. The van der Waals surface area contributed by atoms with Crippen molar-refractivity contribution in [2.75, 3.05) is 13.2 Å². The zero-order valence-electron chi connectivity index (χ0n) is 20.9. The van der Waals surface area contributed by atoms with E-state index in [9.17, 15) is 19.2 Å². The fourth-order valence-electron chi connectivity index (χ4n) is 3.58. The molecule has 0 saturated heterocycles. The molecule has 2 amide bonds. The molecule has 2 aromatic rings. The first-order valence-corrected chi connectivity index (χ1v) is 12.3. The predicted molar refractivity (Wildman–Crippen MR) is 133 cm³/mol. The standard InChI is InChI=1S/C26H37N3O6/c1-4-6-14-34-24(31)13-12-22(28-18(3)30)25(32)29-23(26(33)35-15-7-5-2)16-19-17-27-21-11-9-8-10-20(19)21/h8-11,17,22-23,27H,4-7,12-16H2,1-3H3,(H,28,30)(H,29,32)/t22-,23-/m0/s1. The first-order valence-electron chi connectivity index (χ1n) is 12.3. The van der Waals surface area contributed by atoms with Gasteiger partial charge in [-0.15, -0.1) is 0 Å². The molecule has 0 aliphatic heterocycles. The van der Waals surface area contributed by atoms with Crippen molar-refractivity contribution in [1.82, 2.24) is 15.6 Å². The van der Waals surface area contributed by atoms with Crippen molar-refractivity contribution >= 4 is 34.7 Å². The first kappa shape index (κ1) is 27.9. The van der Waals surface area contributed by atoms with E-state index in [1.165, 1.54) is 6.92 Å². The van der Waals surface area contributed by atoms with Crippen LogP contribution in [-0.2, 0) is 35.1 Å². The summed E-state index contributed by atoms with van der Waals surface area (Å²) in [4.78, 5) is 52.8. The number of amides is 2. The molecular weight excluding hydrogens is 450 g/mol. The monoisotopic (exact) mass is 487 g/mol. The van der Waals surface area contributed by atoms with E-state index >= 15 is 0 Å². The number of hydrogen-bond donors (Lipinski definition) is 3. The Morgan fingerprint density at radius 1 is 0.943 bits per heavy atom. The highest BCUT2D eigenvalue weighted by Crippen LogP contribution is 2.19. The van der Waals surface area contributed by atoms with Crippen molar-refractivity contribution in [3.8, 4) is 0 Å². The van der Waals surface area contributed by atoms with Crippen LogP contribution in [0.2, 0.25) is 0 Å². The number of nitrogens with one attached hydrogen (secondary N) is 3. The molecule has 35 heavy (non-hydrogen) atoms. The summed E-state index contributed by atoms with van der Waals surface area (Å²) in [6, 6.07) is 5.74. The predicted octanol–water partition coefficient (Wildman–Crippen LogP) is 3.17. The van der Waals surface area contributed by atoms with E-state index < -0.39 is 35.8 Å². The number of carbonyl (C=O) groups is 4. The molecule has 1 heterocycles. The van der Waals surface area contributed by atoms with Gasteiger partial charge in [0.15, 0.2) is 0 Å². The molecule has 0 unspecified atom stereocenters. The molecule has 9 heteroatoms. The Morgan fingerprint density at radius 2 is 1.63 bits per heavy atom. The maximum absolute atomic E-state index is 13.1. The molecule has 1 aromatic heterocycles. The Bertz CT molecular complexity index is 986. The summed E-state index contributed by atoms with van der Waals surface area (Å²) in [6.45, 7) is 5.86. The number of unbranched alkanes of at least 4 members (excludes halogenated alkanes) is 2. The van der Waals surface area contributed by atoms with Gasteiger partial charge in [-0.25, -0.2) is 4.79 Å². The largest absolute Gasteiger partial charge is 0.466 e. The zero-order chi connectivity index (χ0) is 25.6. The highest BCUT2D eigenvalue weighted by molar-refractivity contribution is 5.91. The van der Waals surface area contributed by atoms with Crippen LogP contribution in [0, 0.1) is 0 Å². The van der Waals surface area contributed by atoms with Crippen LogP contribution < -0.4 is 10.6 Å². The molecule has 192 valence electrons. The number of para-hydroxylation sites is 1. The lowest BCUT2D eigenvalue weighted by molar-refractivity contribution is -0.148. The second-order valence-corrected chi connectivity index (χ2v) is 8.51. The molecule has 0 aliphatic rings. The lowest BCUT2D eigenvalue weighted by Gasteiger charge is -2.22. The maximum atomic E-state index is 13.1. The van der Waals surface area contributed by atoms with Crippen LogP contribution in [0.3, 0.4) is 0 Å². The molecule has 2 atom stereocenters. The van der Waals surface area contributed by atoms with Crippen LogP contribution >= 0.6 is 0 Å². The quantitative estimate of drug-likeness (QED) is 0.262. The number of aromatic amines is 1. The number of rotatable bonds is 15. The summed E-state index contributed by atoms with van der Waals surface area (Å²) in [5.74, 6) is -1.95. The number of carbonyl (C=O) groups excluding carboxylic acids is 4. The van der Waals surface area contributed by atoms with Gasteiger partial charge in [0.2, 0.25) is 11.8 Å². The second kappa shape index (κ2) is 14.8. The maximum Gasteiger partial charge on any atom is 0.328 e. The van der Waals surface area contributed by atoms with Gasteiger partial charge in [-0.1, -0.05) is 44.9 Å². The van der Waals surface area contributed by atoms with Crippen molar-refractivity contribution in [3.63, 3.8) is 0 Å². The normalized spacial score (nSPS) is 12.5. The van der Waals surface area contributed by atoms with Gasteiger partial charge in [-0.3, -0.25) is 14.4 Å². The average Bonchev–Trinajstić information content (AvgIpc) is 3.24. The molecule has 9 nitrogen and oxygen atoms in total. The molecule has 0 saturated carbocycles. The zero-order valence-corrected chi connectivity index (χ0v) is 20.9. The van der Waals surface area contributed by atoms with Gasteiger partial charge in [-0.2, -0.15) is 0 Å². The van der Waals surface area contributed by atoms with Crippen molar-refractivity contribution in [2.45, 2.75) is 77.8 Å². The van der Waals surface area contributed by atoms with Crippen molar-refractivity contribution in [1.29, 1.82) is 0 Å². The highest BCUT2D eigenvalue weighted by Gasteiger charge is 2.28. The van der Waals surface area contributed by atoms with E-state index in [1.54, 1.807) is 6.20 Å². The number of benzene rings is 1. The van der Waals surface area contributed by atoms with Crippen molar-refractivity contribution < 1.29 is 28.7 Å². The second-order valence-electron chi connectivity index (χ2n) is 8.51. The highest BCUT2D eigenvalue weighted by atomic mass is 16.5. The third-order valence-corrected chi connectivity index (χ3v) is 5.53. The fraction of sp³-hybridized carbons (Fsp3) is 0.538. The van der Waals surface area contributed by atoms with Crippen molar-refractivity contribution in [2.24, 2.45) is 0 Å². The van der Waals surface area contributed by atoms with Crippen LogP contribution in [0.15, 0.2) is 30.5 Å². The molecule has 2 rings (SSSR count). The number of ether oxygens (including phenoxy) is 2. The minimum absolute atomic E-state index is 0.0316. The van der Waals surface area contributed by atoms with Gasteiger partial charge in [0, 0.05) is 36.9 Å². The van der Waals surface area contributed by atoms with Gasteiger partial charge in [0.1, 0.15) is 12.1 Å². The number of aromatic nitrogens is 1. The topological polar surface area (TPSA) is 127 Å². The lowest BCUT2D eigenvalue weighted by Crippen LogP contribution is -2.52. The molecule has 1 aromatic carbocycles. The summed E-state index contributed by atoms with van der Waals surface area (Å²) in [5, 5.41) is 6.25. The smallest absolute Gasteiger partial charge is 0.328 e. The van der Waals surface area contributed by atoms with E-state index in [2.05, 4.69) is 15.6 Å². The van der Waals surface area contributed by atoms with E-state index in [1.807, 2.05) is 38.1 Å². The first-order chi connectivity index (χ1) is 16.8. The van der Waals surface area contributed by atoms with Crippen LogP contribution in [-0.4, -0.2) is 54.0 Å². The Hall–Kier alpha value is -3.36. The summed E-state index contributed by atoms with van der Waals surface area (Å²) in [6.07, 6.45) is 5.29.